The molecule has 0 radical (unpaired) electrons. The first-order valence-corrected chi connectivity index (χ1v) is 16.6. The quantitative estimate of drug-likeness (QED) is 0.116. The van der Waals surface area contributed by atoms with Gasteiger partial charge in [0, 0.05) is 42.1 Å². The van der Waals surface area contributed by atoms with Crippen LogP contribution in [0.4, 0.5) is 0 Å². The molecule has 5 N–H and O–H groups in total. The average molecular weight is 718 g/mol. The number of rotatable bonds is 13. The van der Waals surface area contributed by atoms with Gasteiger partial charge in [-0.15, -0.1) is 0 Å². The fourth-order valence-corrected chi connectivity index (χ4v) is 6.50. The van der Waals surface area contributed by atoms with E-state index in [1.807, 2.05) is 36.4 Å². The van der Waals surface area contributed by atoms with Crippen molar-refractivity contribution in [1.82, 2.24) is 30.7 Å². The third-order valence-electron chi connectivity index (χ3n) is 8.58. The lowest BCUT2D eigenvalue weighted by Crippen LogP contribution is -2.43. The number of fused-ring (bicyclic) bond motifs is 1. The minimum absolute atomic E-state index is 0.0620. The summed E-state index contributed by atoms with van der Waals surface area (Å²) in [6.45, 7) is 0.775. The number of carbonyl (C=O) groups excluding carboxylic acids is 2. The van der Waals surface area contributed by atoms with Gasteiger partial charge in [0.05, 0.1) is 47.7 Å². The molecule has 12 nitrogen and oxygen atoms in total. The predicted octanol–water partition coefficient (Wildman–Crippen LogP) is 4.67. The van der Waals surface area contributed by atoms with E-state index in [1.54, 1.807) is 10.9 Å². The molecule has 3 heterocycles. The minimum Gasteiger partial charge on any atom is -0.480 e. The maximum Gasteiger partial charge on any atom is 0.328 e. The molecule has 5 aromatic rings. The molecule has 1 fully saturated rings. The van der Waals surface area contributed by atoms with Crippen LogP contribution in [0.5, 0.6) is 5.88 Å². The van der Waals surface area contributed by atoms with E-state index in [-0.39, 0.29) is 35.0 Å². The number of nitrogens with one attached hydrogen (secondary N) is 3. The van der Waals surface area contributed by atoms with Crippen molar-refractivity contribution in [3.8, 4) is 28.1 Å². The van der Waals surface area contributed by atoms with E-state index in [1.165, 1.54) is 13.2 Å². The van der Waals surface area contributed by atoms with E-state index in [0.29, 0.717) is 23.7 Å². The number of hydrogen-bond donors (Lipinski definition) is 5. The molecule has 1 aliphatic rings. The van der Waals surface area contributed by atoms with Crippen LogP contribution in [0.3, 0.4) is 0 Å². The first kappa shape index (κ1) is 34.8. The SMILES string of the molecule is COc1nc(Cn2ncc3c(-c4cccc(-c5ccc(CNC[C@@H]6CCC(=O)N6)cc5)c4Cl)cccc32)c(Cl)cc1C(=O)N[C@@H](CO)C(=O)O. The largest absolute Gasteiger partial charge is 0.480 e. The number of pyridine rings is 1. The van der Waals surface area contributed by atoms with Gasteiger partial charge in [-0.25, -0.2) is 9.78 Å². The smallest absolute Gasteiger partial charge is 0.328 e. The van der Waals surface area contributed by atoms with Crippen molar-refractivity contribution in [3.05, 3.63) is 99.8 Å². The maximum absolute atomic E-state index is 12.8. The lowest BCUT2D eigenvalue weighted by Gasteiger charge is -2.15. The Labute approximate surface area is 297 Å². The van der Waals surface area contributed by atoms with Crippen molar-refractivity contribution >= 4 is 51.9 Å². The summed E-state index contributed by atoms with van der Waals surface area (Å²) in [5.74, 6) is -2.15. The number of nitrogens with zero attached hydrogens (tertiary/aromatic N) is 3. The number of carboxylic acids is 1. The predicted molar refractivity (Wildman–Crippen MR) is 189 cm³/mol. The molecule has 0 aliphatic carbocycles. The average Bonchev–Trinajstić information content (AvgIpc) is 3.73. The van der Waals surface area contributed by atoms with E-state index >= 15 is 0 Å². The second-order valence-electron chi connectivity index (χ2n) is 11.9. The second-order valence-corrected chi connectivity index (χ2v) is 12.6. The van der Waals surface area contributed by atoms with Gasteiger partial charge in [-0.05, 0) is 35.2 Å². The van der Waals surface area contributed by atoms with Gasteiger partial charge in [0.15, 0.2) is 6.04 Å². The standard InChI is InChI=1S/C36H34Cl2N6O6/c1-50-35-26(34(47)42-30(19-45)36(48)49)14-28(37)29(43-35)18-44-31-7-3-5-24(27(31)17-40-44)25-6-2-4-23(33(25)38)21-10-8-20(9-11-21)15-39-16-22-12-13-32(46)41-22/h2-11,14,17,22,30,39,45H,12-13,15-16,18-19H2,1H3,(H,41,46)(H,42,47)(H,48,49)/t22-,30-/m0/s1. The van der Waals surface area contributed by atoms with Crippen molar-refractivity contribution in [2.75, 3.05) is 20.3 Å². The molecule has 2 amide bonds. The van der Waals surface area contributed by atoms with E-state index < -0.39 is 24.5 Å². The third kappa shape index (κ3) is 7.43. The van der Waals surface area contributed by atoms with Crippen LogP contribution in [0.2, 0.25) is 10.0 Å². The Bertz CT molecular complexity index is 2070. The van der Waals surface area contributed by atoms with Crippen LogP contribution in [0.25, 0.3) is 33.2 Å². The Hall–Kier alpha value is -5.01. The van der Waals surface area contributed by atoms with Gasteiger partial charge < -0.3 is 30.9 Å². The number of carbonyl (C=O) groups is 3. The van der Waals surface area contributed by atoms with Crippen molar-refractivity contribution in [2.45, 2.75) is 38.0 Å². The Morgan fingerprint density at radius 1 is 1.08 bits per heavy atom. The van der Waals surface area contributed by atoms with Crippen molar-refractivity contribution < 1.29 is 29.3 Å². The topological polar surface area (TPSA) is 168 Å². The molecule has 0 unspecified atom stereocenters. The Kier molecular flexibility index (Phi) is 10.6. The molecule has 6 rings (SSSR count). The van der Waals surface area contributed by atoms with E-state index in [0.717, 1.165) is 51.7 Å². The minimum atomic E-state index is -1.50. The van der Waals surface area contributed by atoms with Crippen molar-refractivity contribution in [3.63, 3.8) is 0 Å². The number of halogens is 2. The molecule has 0 bridgehead atoms. The summed E-state index contributed by atoms with van der Waals surface area (Å²) in [7, 11) is 1.33. The fraction of sp³-hybridized carbons (Fsp3) is 0.250. The van der Waals surface area contributed by atoms with Crippen LogP contribution in [0.1, 0.15) is 34.5 Å². The van der Waals surface area contributed by atoms with E-state index in [2.05, 4.69) is 50.3 Å². The summed E-state index contributed by atoms with van der Waals surface area (Å²) in [5.41, 5.74) is 5.82. The lowest BCUT2D eigenvalue weighted by molar-refractivity contribution is -0.140. The third-order valence-corrected chi connectivity index (χ3v) is 9.32. The number of aliphatic carboxylic acids is 1. The Morgan fingerprint density at radius 3 is 2.52 bits per heavy atom. The molecule has 3 aromatic carbocycles. The highest BCUT2D eigenvalue weighted by molar-refractivity contribution is 6.36. The summed E-state index contributed by atoms with van der Waals surface area (Å²) in [6, 6.07) is 20.0. The normalized spacial score (nSPS) is 14.8. The lowest BCUT2D eigenvalue weighted by atomic mass is 9.96. The molecular formula is C36H34Cl2N6O6. The summed E-state index contributed by atoms with van der Waals surface area (Å²) in [6.07, 6.45) is 3.20. The van der Waals surface area contributed by atoms with Gasteiger partial charge in [-0.1, -0.05) is 77.8 Å². The molecule has 0 spiro atoms. The Morgan fingerprint density at radius 2 is 1.82 bits per heavy atom. The second kappa shape index (κ2) is 15.3. The first-order valence-electron chi connectivity index (χ1n) is 15.9. The molecule has 1 saturated heterocycles. The molecule has 14 heteroatoms. The number of methoxy groups -OCH3 is 1. The van der Waals surface area contributed by atoms with Crippen LogP contribution < -0.4 is 20.7 Å². The number of ether oxygens (including phenoxy) is 1. The number of benzene rings is 3. The molecule has 2 atom stereocenters. The zero-order valence-electron chi connectivity index (χ0n) is 27.0. The summed E-state index contributed by atoms with van der Waals surface area (Å²) in [4.78, 5) is 39.9. The number of aliphatic hydroxyl groups is 1. The van der Waals surface area contributed by atoms with Crippen molar-refractivity contribution in [2.24, 2.45) is 0 Å². The van der Waals surface area contributed by atoms with Gasteiger partial charge >= 0.3 is 5.97 Å². The Balaban J connectivity index is 1.22. The molecular weight excluding hydrogens is 683 g/mol. The highest BCUT2D eigenvalue weighted by Crippen LogP contribution is 2.39. The summed E-state index contributed by atoms with van der Waals surface area (Å²) >= 11 is 13.6. The van der Waals surface area contributed by atoms with E-state index in [9.17, 15) is 24.6 Å². The molecule has 50 heavy (non-hydrogen) atoms. The number of amides is 2. The monoisotopic (exact) mass is 716 g/mol. The summed E-state index contributed by atoms with van der Waals surface area (Å²) < 4.78 is 7.05. The number of aliphatic hydroxyl groups excluding tert-OH is 1. The van der Waals surface area contributed by atoms with Crippen LogP contribution in [0.15, 0.2) is 72.9 Å². The van der Waals surface area contributed by atoms with Gasteiger partial charge in [-0.2, -0.15) is 5.10 Å². The van der Waals surface area contributed by atoms with E-state index in [4.69, 9.17) is 27.9 Å². The highest BCUT2D eigenvalue weighted by Gasteiger charge is 2.24. The van der Waals surface area contributed by atoms with Gasteiger partial charge in [0.1, 0.15) is 5.56 Å². The zero-order chi connectivity index (χ0) is 35.4. The zero-order valence-corrected chi connectivity index (χ0v) is 28.5. The van der Waals surface area contributed by atoms with Crippen LogP contribution >= 0.6 is 23.2 Å². The highest BCUT2D eigenvalue weighted by atomic mass is 35.5. The van der Waals surface area contributed by atoms with Crippen LogP contribution in [-0.4, -0.2) is 75.1 Å². The van der Waals surface area contributed by atoms with Crippen LogP contribution in [0, 0.1) is 0 Å². The van der Waals surface area contributed by atoms with Gasteiger partial charge in [0.2, 0.25) is 11.8 Å². The summed E-state index contributed by atoms with van der Waals surface area (Å²) in [5, 5.41) is 33.3. The molecule has 2 aromatic heterocycles. The fourth-order valence-electron chi connectivity index (χ4n) is 5.95. The molecule has 1 aliphatic heterocycles. The molecule has 258 valence electrons. The van der Waals surface area contributed by atoms with Gasteiger partial charge in [0.25, 0.3) is 5.91 Å². The first-order chi connectivity index (χ1) is 24.2. The van der Waals surface area contributed by atoms with Crippen molar-refractivity contribution in [1.29, 1.82) is 0 Å². The number of hydrogen-bond acceptors (Lipinski definition) is 8. The maximum atomic E-state index is 12.8. The number of carboxylic acid groups (broad SMARTS) is 1. The molecule has 0 saturated carbocycles. The van der Waals surface area contributed by atoms with Gasteiger partial charge in [-0.3, -0.25) is 14.3 Å². The number of aromatic nitrogens is 3. The van der Waals surface area contributed by atoms with Crippen LogP contribution in [-0.2, 0) is 22.7 Å².